The second-order valence-corrected chi connectivity index (χ2v) is 8.06. The van der Waals surface area contributed by atoms with E-state index in [1.807, 2.05) is 19.1 Å². The number of carbonyl (C=O) groups is 2. The summed E-state index contributed by atoms with van der Waals surface area (Å²) in [5.41, 5.74) is 1.79. The number of nitrogens with zero attached hydrogens (tertiary/aromatic N) is 1. The van der Waals surface area contributed by atoms with Gasteiger partial charge in [-0.05, 0) is 71.2 Å². The van der Waals surface area contributed by atoms with Gasteiger partial charge in [0.05, 0.1) is 0 Å². The summed E-state index contributed by atoms with van der Waals surface area (Å²) < 4.78 is 0. The molecule has 0 atom stereocenters. The number of amides is 2. The predicted molar refractivity (Wildman–Crippen MR) is 112 cm³/mol. The number of rotatable bonds is 7. The van der Waals surface area contributed by atoms with Gasteiger partial charge in [0.25, 0.3) is 0 Å². The molecule has 0 saturated heterocycles. The lowest BCUT2D eigenvalue weighted by atomic mass is 9.88. The van der Waals surface area contributed by atoms with Gasteiger partial charge in [0, 0.05) is 30.5 Å². The van der Waals surface area contributed by atoms with Crippen LogP contribution in [0.15, 0.2) is 18.2 Å². The molecule has 5 heteroatoms. The first-order chi connectivity index (χ1) is 12.8. The van der Waals surface area contributed by atoms with Crippen LogP contribution in [-0.4, -0.2) is 30.9 Å². The van der Waals surface area contributed by atoms with Crippen LogP contribution >= 0.6 is 0 Å². The van der Waals surface area contributed by atoms with Gasteiger partial charge in [-0.25, -0.2) is 0 Å². The predicted octanol–water partition coefficient (Wildman–Crippen LogP) is 4.25. The van der Waals surface area contributed by atoms with E-state index in [9.17, 15) is 9.59 Å². The lowest BCUT2D eigenvalue weighted by molar-refractivity contribution is -0.139. The summed E-state index contributed by atoms with van der Waals surface area (Å²) in [5.74, 6) is -0.459. The van der Waals surface area contributed by atoms with E-state index in [1.54, 1.807) is 13.8 Å². The zero-order chi connectivity index (χ0) is 20.0. The van der Waals surface area contributed by atoms with Crippen molar-refractivity contribution in [2.24, 2.45) is 5.41 Å². The zero-order valence-corrected chi connectivity index (χ0v) is 17.5. The third kappa shape index (κ3) is 5.24. The fourth-order valence-electron chi connectivity index (χ4n) is 3.57. The number of hydrogen-bond acceptors (Lipinski definition) is 3. The maximum absolute atomic E-state index is 12.8. The third-order valence-corrected chi connectivity index (χ3v) is 5.66. The first kappa shape index (κ1) is 21.3. The van der Waals surface area contributed by atoms with Gasteiger partial charge in [0.15, 0.2) is 0 Å². The summed E-state index contributed by atoms with van der Waals surface area (Å²) in [6.45, 7) is 11.5. The van der Waals surface area contributed by atoms with E-state index in [0.717, 1.165) is 55.7 Å². The molecule has 1 aliphatic rings. The van der Waals surface area contributed by atoms with Crippen molar-refractivity contribution in [3.8, 4) is 0 Å². The van der Waals surface area contributed by atoms with Crippen LogP contribution in [0.3, 0.4) is 0 Å². The third-order valence-electron chi connectivity index (χ3n) is 5.66. The van der Waals surface area contributed by atoms with E-state index in [2.05, 4.69) is 35.4 Å². The highest BCUT2D eigenvalue weighted by Crippen LogP contribution is 2.26. The average molecular weight is 374 g/mol. The van der Waals surface area contributed by atoms with Gasteiger partial charge in [-0.2, -0.15) is 0 Å². The number of nitrogens with one attached hydrogen (secondary N) is 2. The molecule has 5 nitrogen and oxygen atoms in total. The first-order valence-electron chi connectivity index (χ1n) is 10.3. The van der Waals surface area contributed by atoms with Crippen LogP contribution in [0.2, 0.25) is 0 Å². The van der Waals surface area contributed by atoms with Crippen molar-refractivity contribution in [1.29, 1.82) is 0 Å². The molecule has 150 valence electrons. The molecule has 2 rings (SSSR count). The Hall–Kier alpha value is -2.04. The first-order valence-corrected chi connectivity index (χ1v) is 10.3. The van der Waals surface area contributed by atoms with E-state index in [-0.39, 0.29) is 17.9 Å². The quantitative estimate of drug-likeness (QED) is 0.702. The minimum absolute atomic E-state index is 0.190. The Bertz CT molecular complexity index is 660. The highest BCUT2D eigenvalue weighted by molar-refractivity contribution is 6.10. The topological polar surface area (TPSA) is 61.4 Å². The summed E-state index contributed by atoms with van der Waals surface area (Å²) in [5, 5.41) is 6.03. The number of anilines is 2. The van der Waals surface area contributed by atoms with Crippen molar-refractivity contribution >= 4 is 23.2 Å². The Balaban J connectivity index is 2.04. The monoisotopic (exact) mass is 373 g/mol. The molecule has 27 heavy (non-hydrogen) atoms. The summed E-state index contributed by atoms with van der Waals surface area (Å²) in [4.78, 5) is 27.8. The van der Waals surface area contributed by atoms with Gasteiger partial charge in [-0.1, -0.05) is 19.3 Å². The summed E-state index contributed by atoms with van der Waals surface area (Å²) in [7, 11) is 0. The van der Waals surface area contributed by atoms with Crippen LogP contribution in [0.5, 0.6) is 0 Å². The summed E-state index contributed by atoms with van der Waals surface area (Å²) in [6.07, 6.45) is 5.55. The van der Waals surface area contributed by atoms with Crippen molar-refractivity contribution in [3.05, 3.63) is 23.8 Å². The van der Waals surface area contributed by atoms with Crippen molar-refractivity contribution in [2.75, 3.05) is 23.3 Å². The SMILES string of the molecule is CCN(CC)c1ccc(NC(=O)C(C)(C)C(=O)NC2CCCCC2)c(C)c1. The Labute approximate surface area is 163 Å². The van der Waals surface area contributed by atoms with Gasteiger partial charge < -0.3 is 15.5 Å². The molecule has 2 amide bonds. The number of aryl methyl sites for hydroxylation is 1. The van der Waals surface area contributed by atoms with Crippen molar-refractivity contribution < 1.29 is 9.59 Å². The van der Waals surface area contributed by atoms with Gasteiger partial charge in [0.1, 0.15) is 5.41 Å². The fourth-order valence-corrected chi connectivity index (χ4v) is 3.57. The standard InChI is InChI=1S/C22H35N3O2/c1-6-25(7-2)18-13-14-19(16(3)15-18)24-21(27)22(4,5)20(26)23-17-11-9-8-10-12-17/h13-15,17H,6-12H2,1-5H3,(H,23,26)(H,24,27). The molecule has 0 radical (unpaired) electrons. The normalized spacial score (nSPS) is 15.3. The molecule has 1 fully saturated rings. The second-order valence-electron chi connectivity index (χ2n) is 8.06. The molecule has 2 N–H and O–H groups in total. The van der Waals surface area contributed by atoms with E-state index in [0.29, 0.717) is 0 Å². The second kappa shape index (κ2) is 9.25. The van der Waals surface area contributed by atoms with Gasteiger partial charge in [0.2, 0.25) is 11.8 Å². The molecule has 1 aromatic carbocycles. The molecule has 1 aliphatic carbocycles. The van der Waals surface area contributed by atoms with Crippen LogP contribution in [0.4, 0.5) is 11.4 Å². The van der Waals surface area contributed by atoms with Gasteiger partial charge >= 0.3 is 0 Å². The van der Waals surface area contributed by atoms with Crippen LogP contribution in [0.25, 0.3) is 0 Å². The molecule has 0 heterocycles. The highest BCUT2D eigenvalue weighted by atomic mass is 16.2. The maximum Gasteiger partial charge on any atom is 0.239 e. The Kier molecular flexibility index (Phi) is 7.28. The minimum atomic E-state index is -1.11. The number of benzene rings is 1. The van der Waals surface area contributed by atoms with Crippen molar-refractivity contribution in [1.82, 2.24) is 5.32 Å². The molecule has 0 aliphatic heterocycles. The molecular weight excluding hydrogens is 338 g/mol. The zero-order valence-electron chi connectivity index (χ0n) is 17.5. The van der Waals surface area contributed by atoms with E-state index in [1.165, 1.54) is 6.42 Å². The van der Waals surface area contributed by atoms with Gasteiger partial charge in [-0.15, -0.1) is 0 Å². The number of carbonyl (C=O) groups excluding carboxylic acids is 2. The molecule has 0 bridgehead atoms. The lowest BCUT2D eigenvalue weighted by Crippen LogP contribution is -2.49. The van der Waals surface area contributed by atoms with Crippen molar-refractivity contribution in [2.45, 2.75) is 72.8 Å². The van der Waals surface area contributed by atoms with E-state index >= 15 is 0 Å². The molecule has 1 aromatic rings. The summed E-state index contributed by atoms with van der Waals surface area (Å²) >= 11 is 0. The smallest absolute Gasteiger partial charge is 0.239 e. The van der Waals surface area contributed by atoms with E-state index in [4.69, 9.17) is 0 Å². The fraction of sp³-hybridized carbons (Fsp3) is 0.636. The van der Waals surface area contributed by atoms with E-state index < -0.39 is 5.41 Å². The summed E-state index contributed by atoms with van der Waals surface area (Å²) in [6, 6.07) is 6.23. The Morgan fingerprint density at radius 2 is 1.70 bits per heavy atom. The lowest BCUT2D eigenvalue weighted by Gasteiger charge is -2.29. The molecular formula is C22H35N3O2. The van der Waals surface area contributed by atoms with Crippen LogP contribution in [0.1, 0.15) is 65.4 Å². The molecule has 0 aromatic heterocycles. The largest absolute Gasteiger partial charge is 0.372 e. The van der Waals surface area contributed by atoms with Crippen LogP contribution in [-0.2, 0) is 9.59 Å². The molecule has 0 unspecified atom stereocenters. The molecule has 1 saturated carbocycles. The minimum Gasteiger partial charge on any atom is -0.372 e. The average Bonchev–Trinajstić information content (AvgIpc) is 2.65. The Morgan fingerprint density at radius 3 is 2.26 bits per heavy atom. The van der Waals surface area contributed by atoms with Crippen molar-refractivity contribution in [3.63, 3.8) is 0 Å². The number of hydrogen-bond donors (Lipinski definition) is 2. The Morgan fingerprint density at radius 1 is 1.07 bits per heavy atom. The molecule has 0 spiro atoms. The maximum atomic E-state index is 12.8. The van der Waals surface area contributed by atoms with Gasteiger partial charge in [-0.3, -0.25) is 9.59 Å². The highest BCUT2D eigenvalue weighted by Gasteiger charge is 2.37. The van der Waals surface area contributed by atoms with Crippen LogP contribution < -0.4 is 15.5 Å². The van der Waals surface area contributed by atoms with Crippen LogP contribution in [0, 0.1) is 12.3 Å².